The van der Waals surface area contributed by atoms with Gasteiger partial charge in [0, 0.05) is 17.1 Å². The molecule has 0 N–H and O–H groups in total. The second kappa shape index (κ2) is 15.6. The Kier molecular flexibility index (Phi) is 7.29. The number of fused-ring (bicyclic) bond motifs is 3. The van der Waals surface area contributed by atoms with E-state index in [0.29, 0.717) is 16.8 Å². The summed E-state index contributed by atoms with van der Waals surface area (Å²) >= 11 is 0. The van der Waals surface area contributed by atoms with Crippen LogP contribution in [0.4, 0.5) is 17.1 Å². The Bertz CT molecular complexity index is 3780. The summed E-state index contributed by atoms with van der Waals surface area (Å²) in [5.41, 5.74) is 7.14. The Balaban J connectivity index is 1.12. The monoisotopic (exact) mass is 783 g/mol. The molecule has 0 radical (unpaired) electrons. The van der Waals surface area contributed by atoms with Gasteiger partial charge in [-0.1, -0.05) is 212 Å². The first kappa shape index (κ1) is 28.4. The standard InChI is InChI=1S/C60H41N/c1-2-13-46(14-3-1)59-40-35-47-17-6-9-24-58(47)60(59)49-33-38-52(39-34-49)61(53-21-10-20-50(41-53)57-26-12-19-45-16-5-8-23-55(45)57)51-36-31-43(32-37-51)42-27-29-48(30-28-42)56-25-11-18-44-15-4-7-22-54(44)56/h1-41H/i10D,20D,21D,31D,32D,36D,37D,41D. The van der Waals surface area contributed by atoms with E-state index in [1.807, 2.05) is 121 Å². The minimum absolute atomic E-state index is 0.106. The molecule has 11 aromatic rings. The lowest BCUT2D eigenvalue weighted by Crippen LogP contribution is -2.10. The van der Waals surface area contributed by atoms with Crippen molar-refractivity contribution in [3.8, 4) is 55.6 Å². The van der Waals surface area contributed by atoms with Crippen LogP contribution in [-0.4, -0.2) is 0 Å². The quantitative estimate of drug-likeness (QED) is 0.148. The summed E-state index contributed by atoms with van der Waals surface area (Å²) in [5.74, 6) is 0. The zero-order valence-electron chi connectivity index (χ0n) is 41.0. The topological polar surface area (TPSA) is 3.24 Å². The molecule has 0 unspecified atom stereocenters. The Labute approximate surface area is 368 Å². The third-order valence-electron chi connectivity index (χ3n) is 11.4. The van der Waals surface area contributed by atoms with Crippen molar-refractivity contribution in [1.29, 1.82) is 0 Å². The number of nitrogens with zero attached hydrogens (tertiary/aromatic N) is 1. The average Bonchev–Trinajstić information content (AvgIpc) is 3.39. The van der Waals surface area contributed by atoms with E-state index in [4.69, 9.17) is 0 Å². The molecule has 0 spiro atoms. The molecule has 0 heterocycles. The fourth-order valence-corrected chi connectivity index (χ4v) is 8.47. The maximum atomic E-state index is 9.94. The van der Waals surface area contributed by atoms with E-state index in [0.717, 1.165) is 65.7 Å². The summed E-state index contributed by atoms with van der Waals surface area (Å²) in [6.45, 7) is 0. The van der Waals surface area contributed by atoms with Crippen LogP contribution in [-0.2, 0) is 0 Å². The predicted octanol–water partition coefficient (Wildman–Crippen LogP) is 17.0. The van der Waals surface area contributed by atoms with E-state index >= 15 is 0 Å². The summed E-state index contributed by atoms with van der Waals surface area (Å²) in [4.78, 5) is 1.41. The van der Waals surface area contributed by atoms with E-state index in [-0.39, 0.29) is 58.8 Å². The molecule has 0 aliphatic carbocycles. The van der Waals surface area contributed by atoms with Crippen LogP contribution in [0.15, 0.2) is 249 Å². The van der Waals surface area contributed by atoms with Gasteiger partial charge in [-0.25, -0.2) is 0 Å². The molecule has 11 aromatic carbocycles. The molecule has 0 saturated carbocycles. The third-order valence-corrected chi connectivity index (χ3v) is 11.4. The Hall–Kier alpha value is -8.00. The van der Waals surface area contributed by atoms with Gasteiger partial charge in [0.25, 0.3) is 0 Å². The average molecular weight is 784 g/mol. The van der Waals surface area contributed by atoms with Crippen LogP contribution in [0.1, 0.15) is 11.0 Å². The molecule has 0 bridgehead atoms. The molecule has 0 amide bonds. The summed E-state index contributed by atoms with van der Waals surface area (Å²) in [7, 11) is 0. The third kappa shape index (κ3) is 6.83. The van der Waals surface area contributed by atoms with Crippen LogP contribution >= 0.6 is 0 Å². The van der Waals surface area contributed by atoms with Crippen molar-refractivity contribution < 1.29 is 11.0 Å². The Morgan fingerprint density at radius 2 is 0.803 bits per heavy atom. The van der Waals surface area contributed by atoms with Crippen molar-refractivity contribution in [3.63, 3.8) is 0 Å². The van der Waals surface area contributed by atoms with Gasteiger partial charge in [-0.05, 0) is 124 Å². The number of rotatable bonds is 8. The van der Waals surface area contributed by atoms with Gasteiger partial charge in [0.15, 0.2) is 0 Å². The van der Waals surface area contributed by atoms with Crippen molar-refractivity contribution in [3.05, 3.63) is 249 Å². The van der Waals surface area contributed by atoms with E-state index in [2.05, 4.69) is 60.7 Å². The van der Waals surface area contributed by atoms with Crippen LogP contribution in [0, 0.1) is 0 Å². The molecule has 0 atom stereocenters. The molecule has 1 heteroatoms. The number of anilines is 3. The van der Waals surface area contributed by atoms with Crippen LogP contribution in [0.25, 0.3) is 88.0 Å². The molecular formula is C60H41N. The predicted molar refractivity (Wildman–Crippen MR) is 261 cm³/mol. The van der Waals surface area contributed by atoms with Gasteiger partial charge in [0.1, 0.15) is 0 Å². The van der Waals surface area contributed by atoms with Crippen LogP contribution in [0.5, 0.6) is 0 Å². The molecule has 0 aromatic heterocycles. The van der Waals surface area contributed by atoms with Crippen molar-refractivity contribution in [2.75, 3.05) is 4.90 Å². The van der Waals surface area contributed by atoms with Crippen molar-refractivity contribution in [2.24, 2.45) is 0 Å². The van der Waals surface area contributed by atoms with Crippen molar-refractivity contribution >= 4 is 49.4 Å². The smallest absolute Gasteiger partial charge is 0.0651 e. The first-order chi connectivity index (χ1) is 33.6. The molecule has 0 fully saturated rings. The SMILES string of the molecule is [2H]c1c([2H])c(-c2cccc3ccccc23)c([2H])c(N(c2ccc(-c3c(-c4ccccc4)ccc4ccccc34)cc2)c2c([2H])c([2H])c(-c3ccc(-c4cccc5ccccc45)cc3)c([2H])c2[2H])c1[2H]. The lowest BCUT2D eigenvalue weighted by Gasteiger charge is -2.27. The number of hydrogen-bond acceptors (Lipinski definition) is 1. The minimum atomic E-state index is -0.455. The zero-order valence-corrected chi connectivity index (χ0v) is 33.0. The highest BCUT2D eigenvalue weighted by atomic mass is 15.1. The van der Waals surface area contributed by atoms with Gasteiger partial charge in [0.2, 0.25) is 0 Å². The Morgan fingerprint density at radius 3 is 1.48 bits per heavy atom. The molecule has 11 rings (SSSR count). The highest BCUT2D eigenvalue weighted by Crippen LogP contribution is 2.42. The van der Waals surface area contributed by atoms with Gasteiger partial charge in [-0.2, -0.15) is 0 Å². The van der Waals surface area contributed by atoms with Crippen LogP contribution in [0.3, 0.4) is 0 Å². The highest BCUT2D eigenvalue weighted by Gasteiger charge is 2.17. The van der Waals surface area contributed by atoms with Gasteiger partial charge in [-0.15, -0.1) is 0 Å². The Morgan fingerprint density at radius 1 is 0.279 bits per heavy atom. The largest absolute Gasteiger partial charge is 0.310 e. The van der Waals surface area contributed by atoms with Crippen LogP contribution < -0.4 is 4.90 Å². The van der Waals surface area contributed by atoms with E-state index in [1.165, 1.54) is 4.90 Å². The minimum Gasteiger partial charge on any atom is -0.310 e. The van der Waals surface area contributed by atoms with Crippen molar-refractivity contribution in [2.45, 2.75) is 0 Å². The van der Waals surface area contributed by atoms with E-state index < -0.39 is 12.1 Å². The van der Waals surface area contributed by atoms with Crippen molar-refractivity contribution in [1.82, 2.24) is 0 Å². The second-order valence-corrected chi connectivity index (χ2v) is 15.0. The maximum absolute atomic E-state index is 9.94. The second-order valence-electron chi connectivity index (χ2n) is 15.0. The molecule has 286 valence electrons. The lowest BCUT2D eigenvalue weighted by atomic mass is 9.89. The fraction of sp³-hybridized carbons (Fsp3) is 0. The molecule has 0 saturated heterocycles. The molecule has 1 nitrogen and oxygen atoms in total. The maximum Gasteiger partial charge on any atom is 0.0651 e. The first-order valence-corrected chi connectivity index (χ1v) is 20.4. The van der Waals surface area contributed by atoms with E-state index in [9.17, 15) is 11.0 Å². The first-order valence-electron chi connectivity index (χ1n) is 24.4. The molecule has 0 aliphatic heterocycles. The summed E-state index contributed by atoms with van der Waals surface area (Å²) in [6, 6.07) is 62.1. The molecular weight excluding hydrogens is 735 g/mol. The van der Waals surface area contributed by atoms with Crippen LogP contribution in [0.2, 0.25) is 0 Å². The fourth-order valence-electron chi connectivity index (χ4n) is 8.47. The number of hydrogen-bond donors (Lipinski definition) is 0. The van der Waals surface area contributed by atoms with Gasteiger partial charge >= 0.3 is 0 Å². The number of benzene rings is 11. The summed E-state index contributed by atoms with van der Waals surface area (Å²) < 4.78 is 76.5. The van der Waals surface area contributed by atoms with E-state index in [1.54, 1.807) is 18.2 Å². The molecule has 0 aliphatic rings. The van der Waals surface area contributed by atoms with Gasteiger partial charge in [-0.3, -0.25) is 0 Å². The highest BCUT2D eigenvalue weighted by molar-refractivity contribution is 6.04. The zero-order chi connectivity index (χ0) is 47.5. The summed E-state index contributed by atoms with van der Waals surface area (Å²) in [5, 5.41) is 5.91. The van der Waals surface area contributed by atoms with Gasteiger partial charge < -0.3 is 4.90 Å². The molecule has 61 heavy (non-hydrogen) atoms. The normalized spacial score (nSPS) is 13.1. The van der Waals surface area contributed by atoms with Gasteiger partial charge in [0.05, 0.1) is 11.0 Å². The summed E-state index contributed by atoms with van der Waals surface area (Å²) in [6.07, 6.45) is 0. The lowest BCUT2D eigenvalue weighted by molar-refractivity contribution is 1.28.